The summed E-state index contributed by atoms with van der Waals surface area (Å²) in [4.78, 5) is 15.7. The number of benzene rings is 2. The lowest BCUT2D eigenvalue weighted by Gasteiger charge is -2.08. The predicted octanol–water partition coefficient (Wildman–Crippen LogP) is 3.75. The number of amides is 1. The number of hydrogen-bond donors (Lipinski definition) is 1. The summed E-state index contributed by atoms with van der Waals surface area (Å²) in [6.07, 6.45) is 3.76. The molecular formula is C21H21N5O. The van der Waals surface area contributed by atoms with Crippen LogP contribution in [0.15, 0.2) is 54.9 Å². The second-order valence-corrected chi connectivity index (χ2v) is 6.73. The topological polar surface area (TPSA) is 64.7 Å². The van der Waals surface area contributed by atoms with Crippen molar-refractivity contribution in [1.29, 1.82) is 0 Å². The van der Waals surface area contributed by atoms with Crippen molar-refractivity contribution in [3.05, 3.63) is 66.1 Å². The van der Waals surface area contributed by atoms with Crippen molar-refractivity contribution in [2.24, 2.45) is 7.05 Å². The van der Waals surface area contributed by atoms with Crippen molar-refractivity contribution >= 4 is 22.5 Å². The molecule has 4 rings (SSSR count). The Balaban J connectivity index is 1.67. The Kier molecular flexibility index (Phi) is 4.24. The van der Waals surface area contributed by atoms with Crippen molar-refractivity contribution in [2.45, 2.75) is 20.4 Å². The number of aromatic nitrogens is 4. The number of anilines is 1. The van der Waals surface area contributed by atoms with Crippen LogP contribution < -0.4 is 5.32 Å². The number of aryl methyl sites for hydroxylation is 2. The van der Waals surface area contributed by atoms with E-state index in [-0.39, 0.29) is 5.91 Å². The molecule has 136 valence electrons. The molecule has 0 atom stereocenters. The zero-order valence-electron chi connectivity index (χ0n) is 15.6. The van der Waals surface area contributed by atoms with Gasteiger partial charge in [-0.3, -0.25) is 9.48 Å². The van der Waals surface area contributed by atoms with E-state index < -0.39 is 0 Å². The fraction of sp³-hybridized carbons (Fsp3) is 0.190. The molecule has 0 fully saturated rings. The molecule has 1 N–H and O–H groups in total. The summed E-state index contributed by atoms with van der Waals surface area (Å²) < 4.78 is 4.01. The van der Waals surface area contributed by atoms with Gasteiger partial charge in [0, 0.05) is 43.0 Å². The molecular weight excluding hydrogens is 338 g/mol. The van der Waals surface area contributed by atoms with Crippen molar-refractivity contribution in [3.63, 3.8) is 0 Å². The Morgan fingerprint density at radius 3 is 2.67 bits per heavy atom. The number of imidazole rings is 1. The number of nitrogens with zero attached hydrogens (tertiary/aromatic N) is 4. The van der Waals surface area contributed by atoms with Gasteiger partial charge in [-0.1, -0.05) is 11.6 Å². The van der Waals surface area contributed by atoms with Crippen molar-refractivity contribution in [3.8, 4) is 11.4 Å². The highest BCUT2D eigenvalue weighted by molar-refractivity contribution is 5.88. The molecule has 0 aliphatic rings. The highest BCUT2D eigenvalue weighted by Gasteiger charge is 2.12. The van der Waals surface area contributed by atoms with Gasteiger partial charge in [-0.2, -0.15) is 5.10 Å². The molecule has 0 radical (unpaired) electrons. The van der Waals surface area contributed by atoms with E-state index in [0.717, 1.165) is 33.7 Å². The van der Waals surface area contributed by atoms with Gasteiger partial charge in [0.05, 0.1) is 17.8 Å². The molecule has 0 unspecified atom stereocenters. The number of nitrogens with one attached hydrogen (secondary N) is 1. The summed E-state index contributed by atoms with van der Waals surface area (Å²) in [5.74, 6) is 0.789. The Morgan fingerprint density at radius 1 is 1.15 bits per heavy atom. The van der Waals surface area contributed by atoms with Crippen LogP contribution in [-0.4, -0.2) is 25.2 Å². The smallest absolute Gasteiger partial charge is 0.221 e. The average Bonchev–Trinajstić information content (AvgIpc) is 3.20. The van der Waals surface area contributed by atoms with Gasteiger partial charge in [-0.15, -0.1) is 0 Å². The lowest BCUT2D eigenvalue weighted by Crippen LogP contribution is -2.06. The third-order valence-corrected chi connectivity index (χ3v) is 4.58. The number of rotatable bonds is 4. The maximum absolute atomic E-state index is 11.2. The van der Waals surface area contributed by atoms with Crippen LogP contribution in [0.25, 0.3) is 22.3 Å². The van der Waals surface area contributed by atoms with E-state index in [2.05, 4.69) is 40.0 Å². The van der Waals surface area contributed by atoms with E-state index in [9.17, 15) is 4.79 Å². The first kappa shape index (κ1) is 17.0. The average molecular weight is 359 g/mol. The number of carbonyl (C=O) groups excluding carboxylic acids is 1. The molecule has 4 aromatic rings. The van der Waals surface area contributed by atoms with Crippen LogP contribution in [0.2, 0.25) is 0 Å². The molecule has 0 aliphatic carbocycles. The second kappa shape index (κ2) is 6.72. The first-order chi connectivity index (χ1) is 13.0. The number of fused-ring (bicyclic) bond motifs is 1. The molecule has 6 nitrogen and oxygen atoms in total. The minimum atomic E-state index is -0.0819. The van der Waals surface area contributed by atoms with Gasteiger partial charge in [0.25, 0.3) is 0 Å². The lowest BCUT2D eigenvalue weighted by molar-refractivity contribution is -0.114. The number of carbonyl (C=O) groups is 1. The fourth-order valence-electron chi connectivity index (χ4n) is 3.33. The van der Waals surface area contributed by atoms with Gasteiger partial charge in [0.2, 0.25) is 5.91 Å². The van der Waals surface area contributed by atoms with Gasteiger partial charge in [0.15, 0.2) is 0 Å². The first-order valence-corrected chi connectivity index (χ1v) is 8.82. The van der Waals surface area contributed by atoms with Crippen LogP contribution in [0.4, 0.5) is 5.69 Å². The maximum Gasteiger partial charge on any atom is 0.221 e. The van der Waals surface area contributed by atoms with Crippen molar-refractivity contribution in [1.82, 2.24) is 19.3 Å². The predicted molar refractivity (Wildman–Crippen MR) is 107 cm³/mol. The van der Waals surface area contributed by atoms with E-state index in [1.165, 1.54) is 12.5 Å². The SMILES string of the molecule is CC(=O)Nc1ccc(-c2nccn2Cc2nn(C)c3ccc(C)cc23)cc1. The summed E-state index contributed by atoms with van der Waals surface area (Å²) in [5, 5.41) is 8.65. The summed E-state index contributed by atoms with van der Waals surface area (Å²) >= 11 is 0. The maximum atomic E-state index is 11.2. The van der Waals surface area contributed by atoms with E-state index in [1.807, 2.05) is 42.2 Å². The molecule has 0 aliphatic heterocycles. The monoisotopic (exact) mass is 359 g/mol. The van der Waals surface area contributed by atoms with Crippen LogP contribution in [0.3, 0.4) is 0 Å². The molecule has 0 saturated carbocycles. The molecule has 2 aromatic carbocycles. The van der Waals surface area contributed by atoms with Crippen LogP contribution in [0, 0.1) is 6.92 Å². The molecule has 6 heteroatoms. The van der Waals surface area contributed by atoms with Crippen LogP contribution in [-0.2, 0) is 18.4 Å². The van der Waals surface area contributed by atoms with E-state index in [1.54, 1.807) is 6.20 Å². The third-order valence-electron chi connectivity index (χ3n) is 4.58. The number of hydrogen-bond acceptors (Lipinski definition) is 3. The molecule has 27 heavy (non-hydrogen) atoms. The van der Waals surface area contributed by atoms with Gasteiger partial charge in [-0.25, -0.2) is 4.98 Å². The quantitative estimate of drug-likeness (QED) is 0.603. The molecule has 2 aromatic heterocycles. The van der Waals surface area contributed by atoms with E-state index >= 15 is 0 Å². The zero-order valence-corrected chi connectivity index (χ0v) is 15.6. The highest BCUT2D eigenvalue weighted by atomic mass is 16.1. The summed E-state index contributed by atoms with van der Waals surface area (Å²) in [7, 11) is 1.97. The van der Waals surface area contributed by atoms with Gasteiger partial charge in [-0.05, 0) is 43.3 Å². The Morgan fingerprint density at radius 2 is 1.93 bits per heavy atom. The highest BCUT2D eigenvalue weighted by Crippen LogP contribution is 2.24. The van der Waals surface area contributed by atoms with Crippen LogP contribution >= 0.6 is 0 Å². The molecule has 0 bridgehead atoms. The normalized spacial score (nSPS) is 11.1. The minimum absolute atomic E-state index is 0.0819. The summed E-state index contributed by atoms with van der Waals surface area (Å²) in [6, 6.07) is 14.1. The Labute approximate surface area is 157 Å². The Bertz CT molecular complexity index is 1120. The largest absolute Gasteiger partial charge is 0.326 e. The molecule has 1 amide bonds. The standard InChI is InChI=1S/C21H21N5O/c1-14-4-9-20-18(12-14)19(24-25(20)3)13-26-11-10-22-21(26)16-5-7-17(8-6-16)23-15(2)27/h4-12H,13H2,1-3H3,(H,23,27). The van der Waals surface area contributed by atoms with Crippen molar-refractivity contribution in [2.75, 3.05) is 5.32 Å². The summed E-state index contributed by atoms with van der Waals surface area (Å²) in [5.41, 5.74) is 5.12. The van der Waals surface area contributed by atoms with Crippen LogP contribution in [0.1, 0.15) is 18.2 Å². The molecule has 2 heterocycles. The second-order valence-electron chi connectivity index (χ2n) is 6.73. The van der Waals surface area contributed by atoms with Gasteiger partial charge >= 0.3 is 0 Å². The molecule has 0 saturated heterocycles. The van der Waals surface area contributed by atoms with Gasteiger partial charge < -0.3 is 9.88 Å². The van der Waals surface area contributed by atoms with E-state index in [4.69, 9.17) is 5.10 Å². The third kappa shape index (κ3) is 3.33. The molecule has 0 spiro atoms. The zero-order chi connectivity index (χ0) is 19.0. The summed E-state index contributed by atoms with van der Waals surface area (Å²) in [6.45, 7) is 4.23. The van der Waals surface area contributed by atoms with Crippen molar-refractivity contribution < 1.29 is 4.79 Å². The fourth-order valence-corrected chi connectivity index (χ4v) is 3.33. The van der Waals surface area contributed by atoms with Gasteiger partial charge in [0.1, 0.15) is 5.82 Å². The first-order valence-electron chi connectivity index (χ1n) is 8.82. The Hall–Kier alpha value is -3.41. The van der Waals surface area contributed by atoms with E-state index in [0.29, 0.717) is 6.54 Å². The lowest BCUT2D eigenvalue weighted by atomic mass is 10.1. The minimum Gasteiger partial charge on any atom is -0.326 e. The van der Waals surface area contributed by atoms with Crippen LogP contribution in [0.5, 0.6) is 0 Å².